The van der Waals surface area contributed by atoms with E-state index in [0.29, 0.717) is 11.3 Å². The highest BCUT2D eigenvalue weighted by molar-refractivity contribution is 9.10. The second kappa shape index (κ2) is 8.19. The number of hydrogen-bond acceptors (Lipinski definition) is 4. The lowest BCUT2D eigenvalue weighted by Gasteiger charge is -2.09. The van der Waals surface area contributed by atoms with E-state index in [0.717, 1.165) is 5.56 Å². The zero-order chi connectivity index (χ0) is 21.3. The molecule has 2 aromatic carbocycles. The van der Waals surface area contributed by atoms with Crippen LogP contribution in [-0.2, 0) is 11.3 Å². The highest BCUT2D eigenvalue weighted by Gasteiger charge is 2.17. The first-order valence-electron chi connectivity index (χ1n) is 8.91. The molecule has 0 saturated carbocycles. The summed E-state index contributed by atoms with van der Waals surface area (Å²) in [6.07, 6.45) is 1.68. The van der Waals surface area contributed by atoms with Crippen molar-refractivity contribution < 1.29 is 18.1 Å². The molecule has 152 valence electrons. The molecule has 9 heteroatoms. The maximum Gasteiger partial charge on any atom is 0.274 e. The fourth-order valence-corrected chi connectivity index (χ4v) is 3.27. The van der Waals surface area contributed by atoms with E-state index in [9.17, 15) is 13.6 Å². The Labute approximate surface area is 178 Å². The van der Waals surface area contributed by atoms with E-state index in [1.54, 1.807) is 42.0 Å². The van der Waals surface area contributed by atoms with Crippen molar-refractivity contribution in [2.75, 3.05) is 5.32 Å². The number of carbonyl (C=O) groups excluding carboxylic acids is 1. The largest absolute Gasteiger partial charge is 0.334 e. The molecule has 30 heavy (non-hydrogen) atoms. The van der Waals surface area contributed by atoms with Crippen LogP contribution in [-0.4, -0.2) is 20.6 Å². The van der Waals surface area contributed by atoms with E-state index in [1.165, 1.54) is 24.3 Å². The van der Waals surface area contributed by atoms with Crippen molar-refractivity contribution in [1.29, 1.82) is 0 Å². The second-order valence-electron chi connectivity index (χ2n) is 6.60. The monoisotopic (exact) mass is 472 g/mol. The molecule has 2 heterocycles. The summed E-state index contributed by atoms with van der Waals surface area (Å²) in [5, 5.41) is 6.48. The predicted molar refractivity (Wildman–Crippen MR) is 111 cm³/mol. The van der Waals surface area contributed by atoms with Crippen molar-refractivity contribution in [2.45, 2.75) is 13.5 Å². The summed E-state index contributed by atoms with van der Waals surface area (Å²) >= 11 is 3.13. The average Bonchev–Trinajstić information content (AvgIpc) is 3.35. The van der Waals surface area contributed by atoms with Crippen molar-refractivity contribution in [3.63, 3.8) is 0 Å². The summed E-state index contributed by atoms with van der Waals surface area (Å²) in [5.41, 5.74) is 1.97. The first-order valence-corrected chi connectivity index (χ1v) is 9.70. The van der Waals surface area contributed by atoms with E-state index in [4.69, 9.17) is 4.52 Å². The van der Waals surface area contributed by atoms with Crippen LogP contribution in [0.3, 0.4) is 0 Å². The fraction of sp³-hybridized carbons (Fsp3) is 0.0952. The van der Waals surface area contributed by atoms with Crippen molar-refractivity contribution in [3.05, 3.63) is 76.4 Å². The number of benzene rings is 2. The Hall–Kier alpha value is -3.33. The summed E-state index contributed by atoms with van der Waals surface area (Å²) in [5.74, 6) is -0.817. The molecule has 1 amide bonds. The molecule has 0 bridgehead atoms. The van der Waals surface area contributed by atoms with E-state index in [2.05, 4.69) is 31.4 Å². The van der Waals surface area contributed by atoms with Crippen molar-refractivity contribution in [3.8, 4) is 23.0 Å². The quantitative estimate of drug-likeness (QED) is 0.433. The van der Waals surface area contributed by atoms with Gasteiger partial charge in [0, 0.05) is 11.8 Å². The highest BCUT2D eigenvalue weighted by atomic mass is 79.9. The minimum atomic E-state index is -0.497. The standard InChI is InChI=1S/C21H15BrF2N4O2/c1-12-4-7-17(16(24)9-12)25-19(29)11-28-8-2-3-18(28)21-26-20(27-30-21)13-5-6-15(23)14(22)10-13/h2-10H,11H2,1H3,(H,25,29). The third-order valence-electron chi connectivity index (χ3n) is 4.37. The Balaban J connectivity index is 1.53. The van der Waals surface area contributed by atoms with Gasteiger partial charge in [0.1, 0.15) is 23.9 Å². The van der Waals surface area contributed by atoms with Gasteiger partial charge < -0.3 is 14.4 Å². The zero-order valence-corrected chi connectivity index (χ0v) is 17.3. The maximum atomic E-state index is 14.0. The molecule has 2 aromatic heterocycles. The van der Waals surface area contributed by atoms with Gasteiger partial charge >= 0.3 is 0 Å². The lowest BCUT2D eigenvalue weighted by atomic mass is 10.2. The van der Waals surface area contributed by atoms with Crippen LogP contribution in [0.1, 0.15) is 5.56 Å². The van der Waals surface area contributed by atoms with Gasteiger partial charge in [-0.2, -0.15) is 4.98 Å². The molecule has 0 spiro atoms. The Morgan fingerprint density at radius 1 is 1.17 bits per heavy atom. The van der Waals surface area contributed by atoms with Crippen LogP contribution < -0.4 is 5.32 Å². The molecule has 0 aliphatic rings. The Morgan fingerprint density at radius 3 is 2.77 bits per heavy atom. The van der Waals surface area contributed by atoms with Gasteiger partial charge in [-0.25, -0.2) is 8.78 Å². The molecule has 1 N–H and O–H groups in total. The van der Waals surface area contributed by atoms with Crippen LogP contribution >= 0.6 is 15.9 Å². The topological polar surface area (TPSA) is 73.0 Å². The Kier molecular flexibility index (Phi) is 5.45. The molecular formula is C21H15BrF2N4O2. The number of nitrogens with one attached hydrogen (secondary N) is 1. The molecule has 4 rings (SSSR count). The number of aromatic nitrogens is 3. The summed E-state index contributed by atoms with van der Waals surface area (Å²) in [7, 11) is 0. The molecule has 0 unspecified atom stereocenters. The van der Waals surface area contributed by atoms with Gasteiger partial charge in [-0.1, -0.05) is 11.2 Å². The number of anilines is 1. The summed E-state index contributed by atoms with van der Waals surface area (Å²) < 4.78 is 34.6. The van der Waals surface area contributed by atoms with Gasteiger partial charge in [0.25, 0.3) is 5.89 Å². The fourth-order valence-electron chi connectivity index (χ4n) is 2.89. The number of amides is 1. The Morgan fingerprint density at radius 2 is 2.00 bits per heavy atom. The number of carbonyl (C=O) groups is 1. The first kappa shape index (κ1) is 20.0. The third kappa shape index (κ3) is 4.16. The molecule has 0 saturated heterocycles. The minimum absolute atomic E-state index is 0.0739. The number of rotatable bonds is 5. The minimum Gasteiger partial charge on any atom is -0.334 e. The van der Waals surface area contributed by atoms with Crippen LogP contribution in [0, 0.1) is 18.6 Å². The molecular weight excluding hydrogens is 458 g/mol. The smallest absolute Gasteiger partial charge is 0.274 e. The van der Waals surface area contributed by atoms with E-state index < -0.39 is 17.5 Å². The molecule has 0 radical (unpaired) electrons. The number of aryl methyl sites for hydroxylation is 1. The van der Waals surface area contributed by atoms with Crippen LogP contribution in [0.25, 0.3) is 23.0 Å². The lowest BCUT2D eigenvalue weighted by molar-refractivity contribution is -0.116. The molecule has 0 fully saturated rings. The van der Waals surface area contributed by atoms with Crippen LogP contribution in [0.5, 0.6) is 0 Å². The third-order valence-corrected chi connectivity index (χ3v) is 4.97. The lowest BCUT2D eigenvalue weighted by Crippen LogP contribution is -2.19. The normalized spacial score (nSPS) is 10.9. The molecule has 0 aliphatic carbocycles. The number of nitrogens with zero attached hydrogens (tertiary/aromatic N) is 3. The predicted octanol–water partition coefficient (Wildman–Crippen LogP) is 5.19. The number of halogens is 3. The van der Waals surface area contributed by atoms with E-state index in [-0.39, 0.29) is 28.4 Å². The van der Waals surface area contributed by atoms with Crippen molar-refractivity contribution in [2.24, 2.45) is 0 Å². The highest BCUT2D eigenvalue weighted by Crippen LogP contribution is 2.26. The van der Waals surface area contributed by atoms with Crippen LogP contribution in [0.4, 0.5) is 14.5 Å². The molecule has 0 aliphatic heterocycles. The number of hydrogen-bond donors (Lipinski definition) is 1. The average molecular weight is 473 g/mol. The van der Waals surface area contributed by atoms with Crippen LogP contribution in [0.2, 0.25) is 0 Å². The first-order chi connectivity index (χ1) is 14.4. The second-order valence-corrected chi connectivity index (χ2v) is 7.46. The molecule has 0 atom stereocenters. The van der Waals surface area contributed by atoms with Crippen molar-refractivity contribution in [1.82, 2.24) is 14.7 Å². The van der Waals surface area contributed by atoms with E-state index in [1.807, 2.05) is 0 Å². The maximum absolute atomic E-state index is 14.0. The van der Waals surface area contributed by atoms with Gasteiger partial charge in [-0.3, -0.25) is 4.79 Å². The van der Waals surface area contributed by atoms with Gasteiger partial charge in [0.15, 0.2) is 0 Å². The van der Waals surface area contributed by atoms with Crippen LogP contribution in [0.15, 0.2) is 63.7 Å². The summed E-state index contributed by atoms with van der Waals surface area (Å²) in [4.78, 5) is 16.7. The van der Waals surface area contributed by atoms with Gasteiger partial charge in [-0.05, 0) is 70.9 Å². The SMILES string of the molecule is Cc1ccc(NC(=O)Cn2cccc2-c2nc(-c3ccc(F)c(Br)c3)no2)c(F)c1. The Bertz CT molecular complexity index is 1240. The van der Waals surface area contributed by atoms with Crippen molar-refractivity contribution >= 4 is 27.5 Å². The summed E-state index contributed by atoms with van der Waals surface area (Å²) in [6, 6.07) is 12.4. The summed E-state index contributed by atoms with van der Waals surface area (Å²) in [6.45, 7) is 1.69. The van der Waals surface area contributed by atoms with Gasteiger partial charge in [0.05, 0.1) is 10.2 Å². The van der Waals surface area contributed by atoms with Gasteiger partial charge in [0.2, 0.25) is 11.7 Å². The zero-order valence-electron chi connectivity index (χ0n) is 15.7. The molecule has 4 aromatic rings. The van der Waals surface area contributed by atoms with E-state index >= 15 is 0 Å². The molecule has 6 nitrogen and oxygen atoms in total. The van der Waals surface area contributed by atoms with Gasteiger partial charge in [-0.15, -0.1) is 0 Å².